The number of rotatable bonds is 8. The van der Waals surface area contributed by atoms with Gasteiger partial charge in [0.25, 0.3) is 5.91 Å². The molecule has 1 fully saturated rings. The maximum absolute atomic E-state index is 13.2. The summed E-state index contributed by atoms with van der Waals surface area (Å²) in [6.45, 7) is 4.88. The molecule has 2 atom stereocenters. The van der Waals surface area contributed by atoms with Gasteiger partial charge >= 0.3 is 0 Å². The van der Waals surface area contributed by atoms with Gasteiger partial charge in [0, 0.05) is 48.8 Å². The average molecular weight is 531 g/mol. The number of piperidine rings is 1. The lowest BCUT2D eigenvalue weighted by atomic mass is 9.85. The molecule has 0 aliphatic carbocycles. The van der Waals surface area contributed by atoms with Gasteiger partial charge in [0.05, 0.1) is 28.8 Å². The van der Waals surface area contributed by atoms with Crippen LogP contribution in [-0.2, 0) is 7.05 Å². The van der Waals surface area contributed by atoms with E-state index < -0.39 is 5.91 Å². The first kappa shape index (κ1) is 25.5. The number of anilines is 3. The van der Waals surface area contributed by atoms with Crippen LogP contribution in [0.15, 0.2) is 48.2 Å². The van der Waals surface area contributed by atoms with E-state index in [-0.39, 0.29) is 29.3 Å². The molecule has 4 aromatic rings. The number of hydrogen-bond donors (Lipinski definition) is 2. The van der Waals surface area contributed by atoms with Gasteiger partial charge in [-0.25, -0.2) is 15.0 Å². The normalized spacial score (nSPS) is 17.4. The monoisotopic (exact) mass is 530 g/mol. The zero-order valence-corrected chi connectivity index (χ0v) is 22.4. The molecule has 0 unspecified atom stereocenters. The number of carbonyl (C=O) groups excluding carboxylic acids is 2. The van der Waals surface area contributed by atoms with Crippen molar-refractivity contribution in [2.45, 2.75) is 39.2 Å². The van der Waals surface area contributed by atoms with Gasteiger partial charge in [0.1, 0.15) is 5.82 Å². The summed E-state index contributed by atoms with van der Waals surface area (Å²) in [5, 5.41) is 10.3. The van der Waals surface area contributed by atoms with E-state index in [0.717, 1.165) is 35.7 Å². The number of primary amides is 1. The van der Waals surface area contributed by atoms with Crippen LogP contribution in [0.2, 0.25) is 0 Å². The van der Waals surface area contributed by atoms with Crippen molar-refractivity contribution < 1.29 is 9.59 Å². The number of carbonyl (C=O) groups is 2. The van der Waals surface area contributed by atoms with E-state index in [9.17, 15) is 9.59 Å². The van der Waals surface area contributed by atoms with Crippen molar-refractivity contribution in [2.75, 3.05) is 16.8 Å². The summed E-state index contributed by atoms with van der Waals surface area (Å²) < 4.78 is 1.64. The average Bonchev–Trinajstić information content (AvgIpc) is 3.52. The van der Waals surface area contributed by atoms with Crippen LogP contribution in [0, 0.1) is 12.8 Å². The standard InChI is InChI=1S/C27H30N8O2S/c1-16-20(11-23(36)19-8-6-18(7-9-19)22-15-38-17(2)31-22)5-4-10-35(16)24-13-29-25(26(28)37)27(33-24)32-21-12-30-34(3)14-21/h6-9,12-16,20H,4-5,10-11H2,1-3H3,(H2,28,37)(H,32,33)/t16-,20+/m1/s1. The molecule has 196 valence electrons. The summed E-state index contributed by atoms with van der Waals surface area (Å²) in [5.74, 6) is 0.530. The fourth-order valence-corrected chi connectivity index (χ4v) is 5.53. The molecule has 10 nitrogen and oxygen atoms in total. The Morgan fingerprint density at radius 2 is 1.97 bits per heavy atom. The fraction of sp³-hybridized carbons (Fsp3) is 0.333. The lowest BCUT2D eigenvalue weighted by Crippen LogP contribution is -2.44. The summed E-state index contributed by atoms with van der Waals surface area (Å²) in [4.78, 5) is 40.9. The number of Topliss-reactive ketones (excluding diaryl/α,β-unsaturated/α-hetero) is 1. The molecule has 1 aliphatic heterocycles. The van der Waals surface area contributed by atoms with E-state index in [1.54, 1.807) is 41.7 Å². The van der Waals surface area contributed by atoms with E-state index in [2.05, 4.69) is 32.2 Å². The van der Waals surface area contributed by atoms with Gasteiger partial charge in [-0.15, -0.1) is 11.3 Å². The molecule has 0 radical (unpaired) electrons. The third-order valence-electron chi connectivity index (χ3n) is 6.97. The Hall–Kier alpha value is -4.12. The molecule has 1 aliphatic rings. The molecule has 4 heterocycles. The maximum atomic E-state index is 13.2. The molecule has 5 rings (SSSR count). The number of benzene rings is 1. The molecule has 0 spiro atoms. The molecular weight excluding hydrogens is 500 g/mol. The number of hydrogen-bond acceptors (Lipinski definition) is 9. The largest absolute Gasteiger partial charge is 0.364 e. The molecule has 11 heteroatoms. The zero-order chi connectivity index (χ0) is 26.8. The predicted octanol–water partition coefficient (Wildman–Crippen LogP) is 4.36. The van der Waals surface area contributed by atoms with E-state index >= 15 is 0 Å². The minimum Gasteiger partial charge on any atom is -0.364 e. The van der Waals surface area contributed by atoms with Crippen molar-refractivity contribution in [3.8, 4) is 11.3 Å². The van der Waals surface area contributed by atoms with Crippen LogP contribution in [0.3, 0.4) is 0 Å². The SMILES string of the molecule is Cc1nc(-c2ccc(C(=O)C[C@@H]3CCCN(c4cnc(C(N)=O)c(Nc5cnn(C)c5)n4)[C@@H]3C)cc2)cs1. The first-order chi connectivity index (χ1) is 18.3. The number of aryl methyl sites for hydroxylation is 2. The van der Waals surface area contributed by atoms with Gasteiger partial charge < -0.3 is 16.0 Å². The van der Waals surface area contributed by atoms with Gasteiger partial charge in [0.2, 0.25) is 0 Å². The summed E-state index contributed by atoms with van der Waals surface area (Å²) in [5.41, 5.74) is 8.93. The van der Waals surface area contributed by atoms with Crippen molar-refractivity contribution in [1.82, 2.24) is 24.7 Å². The first-order valence-corrected chi connectivity index (χ1v) is 13.4. The third-order valence-corrected chi connectivity index (χ3v) is 7.75. The van der Waals surface area contributed by atoms with Crippen molar-refractivity contribution in [1.29, 1.82) is 0 Å². The van der Waals surface area contributed by atoms with Crippen LogP contribution in [0.1, 0.15) is 52.0 Å². The number of aromatic nitrogens is 5. The second-order valence-electron chi connectivity index (χ2n) is 9.61. The molecule has 1 aromatic carbocycles. The van der Waals surface area contributed by atoms with Crippen LogP contribution >= 0.6 is 11.3 Å². The van der Waals surface area contributed by atoms with Gasteiger partial charge in [-0.2, -0.15) is 5.10 Å². The van der Waals surface area contributed by atoms with Crippen molar-refractivity contribution in [2.24, 2.45) is 18.7 Å². The summed E-state index contributed by atoms with van der Waals surface area (Å²) >= 11 is 1.61. The molecule has 3 N–H and O–H groups in total. The Balaban J connectivity index is 1.31. The van der Waals surface area contributed by atoms with Gasteiger partial charge in [0.15, 0.2) is 17.3 Å². The van der Waals surface area contributed by atoms with Crippen LogP contribution in [-0.4, -0.2) is 49.0 Å². The van der Waals surface area contributed by atoms with Crippen molar-refractivity contribution in [3.05, 3.63) is 64.5 Å². The van der Waals surface area contributed by atoms with E-state index in [4.69, 9.17) is 10.7 Å². The summed E-state index contributed by atoms with van der Waals surface area (Å²) in [6.07, 6.45) is 7.31. The third kappa shape index (κ3) is 5.42. The highest BCUT2D eigenvalue weighted by molar-refractivity contribution is 7.09. The highest BCUT2D eigenvalue weighted by Gasteiger charge is 2.31. The molecule has 0 saturated carbocycles. The second-order valence-corrected chi connectivity index (χ2v) is 10.7. The maximum Gasteiger partial charge on any atom is 0.271 e. The minimum absolute atomic E-state index is 0.0601. The Morgan fingerprint density at radius 1 is 1.18 bits per heavy atom. The Labute approximate surface area is 224 Å². The lowest BCUT2D eigenvalue weighted by molar-refractivity contribution is 0.0944. The summed E-state index contributed by atoms with van der Waals surface area (Å²) in [7, 11) is 1.80. The quantitative estimate of drug-likeness (QED) is 0.321. The number of ketones is 1. The zero-order valence-electron chi connectivity index (χ0n) is 21.6. The number of nitrogens with two attached hydrogens (primary N) is 1. The summed E-state index contributed by atoms with van der Waals surface area (Å²) in [6, 6.07) is 7.77. The highest BCUT2D eigenvalue weighted by Crippen LogP contribution is 2.32. The highest BCUT2D eigenvalue weighted by atomic mass is 32.1. The molecule has 3 aromatic heterocycles. The van der Waals surface area contributed by atoms with E-state index in [0.29, 0.717) is 23.5 Å². The van der Waals surface area contributed by atoms with Gasteiger partial charge in [-0.1, -0.05) is 24.3 Å². The topological polar surface area (TPSA) is 132 Å². The van der Waals surface area contributed by atoms with E-state index in [1.807, 2.05) is 36.6 Å². The molecule has 1 saturated heterocycles. The molecule has 38 heavy (non-hydrogen) atoms. The fourth-order valence-electron chi connectivity index (χ4n) is 4.91. The predicted molar refractivity (Wildman–Crippen MR) is 148 cm³/mol. The van der Waals surface area contributed by atoms with Crippen LogP contribution in [0.25, 0.3) is 11.3 Å². The Bertz CT molecular complexity index is 1460. The first-order valence-electron chi connectivity index (χ1n) is 12.5. The number of amides is 1. The van der Waals surface area contributed by atoms with E-state index in [1.165, 1.54) is 0 Å². The van der Waals surface area contributed by atoms with Crippen molar-refractivity contribution >= 4 is 40.4 Å². The lowest BCUT2D eigenvalue weighted by Gasteiger charge is -2.40. The number of nitrogens with zero attached hydrogens (tertiary/aromatic N) is 6. The Kier molecular flexibility index (Phi) is 7.19. The minimum atomic E-state index is -0.665. The van der Waals surface area contributed by atoms with Crippen LogP contribution < -0.4 is 16.0 Å². The molecule has 0 bridgehead atoms. The van der Waals surface area contributed by atoms with Gasteiger partial charge in [-0.05, 0) is 32.6 Å². The second kappa shape index (κ2) is 10.7. The number of nitrogens with one attached hydrogen (secondary N) is 1. The van der Waals surface area contributed by atoms with Gasteiger partial charge in [-0.3, -0.25) is 14.3 Å². The molecular formula is C27H30N8O2S. The molecule has 1 amide bonds. The van der Waals surface area contributed by atoms with Crippen molar-refractivity contribution in [3.63, 3.8) is 0 Å². The smallest absolute Gasteiger partial charge is 0.271 e. The van der Waals surface area contributed by atoms with Crippen LogP contribution in [0.5, 0.6) is 0 Å². The Morgan fingerprint density at radius 3 is 2.63 bits per heavy atom. The number of thiazole rings is 1. The van der Waals surface area contributed by atoms with Crippen LogP contribution in [0.4, 0.5) is 17.3 Å².